The van der Waals surface area contributed by atoms with E-state index in [1.165, 1.54) is 12.1 Å². The van der Waals surface area contributed by atoms with Crippen molar-refractivity contribution in [1.29, 1.82) is 0 Å². The van der Waals surface area contributed by atoms with E-state index in [9.17, 15) is 26.7 Å². The van der Waals surface area contributed by atoms with E-state index >= 15 is 0 Å². The van der Waals surface area contributed by atoms with Crippen molar-refractivity contribution in [2.45, 2.75) is 25.4 Å². The van der Waals surface area contributed by atoms with E-state index in [0.717, 1.165) is 12.1 Å². The second-order valence-corrected chi connectivity index (χ2v) is 4.13. The molecule has 0 atom stereocenters. The highest BCUT2D eigenvalue weighted by atomic mass is 19.4. The summed E-state index contributed by atoms with van der Waals surface area (Å²) >= 11 is 0. The monoisotopic (exact) mass is 296 g/mol. The molecule has 0 unspecified atom stereocenters. The number of benzene rings is 1. The molecule has 0 fully saturated rings. The van der Waals surface area contributed by atoms with Gasteiger partial charge in [-0.15, -0.1) is 0 Å². The first kappa shape index (κ1) is 16.6. The lowest BCUT2D eigenvalue weighted by molar-refractivity contribution is -0.137. The largest absolute Gasteiger partial charge is 0.416 e. The number of halogens is 5. The smallest absolute Gasteiger partial charge is 0.375 e. The van der Waals surface area contributed by atoms with Crippen LogP contribution in [0.5, 0.6) is 0 Å². The number of carbonyl (C=O) groups excluding carboxylic acids is 1. The fourth-order valence-corrected chi connectivity index (χ4v) is 1.53. The van der Waals surface area contributed by atoms with Gasteiger partial charge < -0.3 is 4.74 Å². The number of ketones is 1. The Morgan fingerprint density at radius 1 is 1.25 bits per heavy atom. The number of Topliss-reactive ketones (excluding diaryl/α,β-unsaturated/α-hetero) is 1. The van der Waals surface area contributed by atoms with E-state index < -0.39 is 24.8 Å². The van der Waals surface area contributed by atoms with Gasteiger partial charge in [-0.1, -0.05) is 18.2 Å². The molecule has 0 amide bonds. The summed E-state index contributed by atoms with van der Waals surface area (Å²) in [5.74, 6) is -0.362. The second kappa shape index (κ2) is 7.33. The van der Waals surface area contributed by atoms with Crippen LogP contribution in [0.15, 0.2) is 24.3 Å². The maximum Gasteiger partial charge on any atom is 0.416 e. The number of rotatable bonds is 7. The van der Waals surface area contributed by atoms with Crippen LogP contribution in [-0.4, -0.2) is 25.4 Å². The third kappa shape index (κ3) is 6.10. The fourth-order valence-electron chi connectivity index (χ4n) is 1.53. The van der Waals surface area contributed by atoms with E-state index in [1.807, 2.05) is 0 Å². The molecule has 1 aromatic rings. The minimum absolute atomic E-state index is 0.108. The van der Waals surface area contributed by atoms with Gasteiger partial charge in [-0.25, -0.2) is 8.78 Å². The van der Waals surface area contributed by atoms with Gasteiger partial charge in [-0.3, -0.25) is 4.79 Å². The van der Waals surface area contributed by atoms with Gasteiger partial charge in [-0.05, 0) is 11.6 Å². The van der Waals surface area contributed by atoms with Gasteiger partial charge in [0.15, 0.2) is 0 Å². The first-order valence-electron chi connectivity index (χ1n) is 5.83. The van der Waals surface area contributed by atoms with Gasteiger partial charge >= 0.3 is 6.18 Å². The van der Waals surface area contributed by atoms with Crippen LogP contribution in [0.3, 0.4) is 0 Å². The predicted octanol–water partition coefficient (Wildman–Crippen LogP) is 3.49. The zero-order valence-corrected chi connectivity index (χ0v) is 10.4. The quantitative estimate of drug-likeness (QED) is 0.569. The number of hydrogen-bond donors (Lipinski definition) is 0. The molecule has 2 nitrogen and oxygen atoms in total. The maximum atomic E-state index is 12.5. The summed E-state index contributed by atoms with van der Waals surface area (Å²) < 4.78 is 65.4. The summed E-state index contributed by atoms with van der Waals surface area (Å²) in [5.41, 5.74) is -0.588. The predicted molar refractivity (Wildman–Crippen MR) is 61.6 cm³/mol. The summed E-state index contributed by atoms with van der Waals surface area (Å²) in [4.78, 5) is 11.5. The first-order valence-corrected chi connectivity index (χ1v) is 5.83. The lowest BCUT2D eigenvalue weighted by atomic mass is 10.0. The SMILES string of the molecule is O=C(CCOCC(F)F)Cc1cccc(C(F)(F)F)c1. The van der Waals surface area contributed by atoms with Crippen molar-refractivity contribution < 1.29 is 31.5 Å². The zero-order chi connectivity index (χ0) is 15.2. The van der Waals surface area contributed by atoms with Gasteiger partial charge in [-0.2, -0.15) is 13.2 Å². The molecule has 0 aliphatic carbocycles. The molecule has 7 heteroatoms. The van der Waals surface area contributed by atoms with Crippen LogP contribution in [-0.2, 0) is 22.1 Å². The summed E-state index contributed by atoms with van der Waals surface area (Å²) in [6, 6.07) is 4.45. The average molecular weight is 296 g/mol. The normalized spacial score (nSPS) is 11.9. The van der Waals surface area contributed by atoms with E-state index in [4.69, 9.17) is 0 Å². The Morgan fingerprint density at radius 3 is 2.55 bits per heavy atom. The Hall–Kier alpha value is -1.50. The minimum atomic E-state index is -4.46. The highest BCUT2D eigenvalue weighted by Crippen LogP contribution is 2.29. The molecular formula is C13H13F5O2. The van der Waals surface area contributed by atoms with Crippen molar-refractivity contribution in [3.05, 3.63) is 35.4 Å². The Morgan fingerprint density at radius 2 is 1.95 bits per heavy atom. The van der Waals surface area contributed by atoms with Crippen molar-refractivity contribution in [2.24, 2.45) is 0 Å². The third-order valence-electron chi connectivity index (χ3n) is 2.42. The molecule has 0 aliphatic rings. The van der Waals surface area contributed by atoms with Crippen LogP contribution in [0, 0.1) is 0 Å². The molecule has 0 spiro atoms. The lowest BCUT2D eigenvalue weighted by Gasteiger charge is -2.08. The van der Waals surface area contributed by atoms with Crippen molar-refractivity contribution >= 4 is 5.78 Å². The van der Waals surface area contributed by atoms with Gasteiger partial charge in [0.05, 0.1) is 12.2 Å². The van der Waals surface area contributed by atoms with Gasteiger partial charge in [0, 0.05) is 12.8 Å². The zero-order valence-electron chi connectivity index (χ0n) is 10.4. The standard InChI is InChI=1S/C13H13F5O2/c14-12(15)8-20-5-4-11(19)7-9-2-1-3-10(6-9)13(16,17)18/h1-3,6,12H,4-5,7-8H2. The number of carbonyl (C=O) groups is 1. The third-order valence-corrected chi connectivity index (χ3v) is 2.42. The molecule has 0 N–H and O–H groups in total. The molecule has 112 valence electrons. The average Bonchev–Trinajstić information content (AvgIpc) is 2.34. The number of alkyl halides is 5. The molecule has 1 rings (SSSR count). The fraction of sp³-hybridized carbons (Fsp3) is 0.462. The minimum Gasteiger partial charge on any atom is -0.375 e. The second-order valence-electron chi connectivity index (χ2n) is 4.13. The van der Waals surface area contributed by atoms with E-state index in [1.54, 1.807) is 0 Å². The van der Waals surface area contributed by atoms with Crippen LogP contribution in [0.25, 0.3) is 0 Å². The highest BCUT2D eigenvalue weighted by molar-refractivity contribution is 5.80. The van der Waals surface area contributed by atoms with E-state index in [2.05, 4.69) is 4.74 Å². The summed E-state index contributed by atoms with van der Waals surface area (Å²) in [6.45, 7) is -0.918. The van der Waals surface area contributed by atoms with Crippen LogP contribution in [0.1, 0.15) is 17.5 Å². The van der Waals surface area contributed by atoms with Gasteiger partial charge in [0.2, 0.25) is 0 Å². The molecule has 0 saturated carbocycles. The molecular weight excluding hydrogens is 283 g/mol. The van der Waals surface area contributed by atoms with E-state index in [0.29, 0.717) is 0 Å². The first-order chi connectivity index (χ1) is 9.29. The Labute approximate surface area is 112 Å². The molecule has 20 heavy (non-hydrogen) atoms. The summed E-state index contributed by atoms with van der Waals surface area (Å²) in [5, 5.41) is 0. The molecule has 0 radical (unpaired) electrons. The Bertz CT molecular complexity index is 443. The lowest BCUT2D eigenvalue weighted by Crippen LogP contribution is -2.11. The van der Waals surface area contributed by atoms with Crippen LogP contribution >= 0.6 is 0 Å². The Balaban J connectivity index is 2.46. The van der Waals surface area contributed by atoms with Gasteiger partial charge in [0.25, 0.3) is 6.43 Å². The highest BCUT2D eigenvalue weighted by Gasteiger charge is 2.30. The van der Waals surface area contributed by atoms with Crippen LogP contribution in [0.4, 0.5) is 22.0 Å². The molecule has 0 saturated heterocycles. The molecule has 0 aromatic heterocycles. The summed E-state index contributed by atoms with van der Waals surface area (Å²) in [6.07, 6.45) is -7.35. The van der Waals surface area contributed by atoms with Gasteiger partial charge in [0.1, 0.15) is 12.4 Å². The molecule has 1 aromatic carbocycles. The molecule has 0 bridgehead atoms. The van der Waals surface area contributed by atoms with Crippen molar-refractivity contribution in [1.82, 2.24) is 0 Å². The Kier molecular flexibility index (Phi) is 6.06. The van der Waals surface area contributed by atoms with Crippen molar-refractivity contribution in [3.8, 4) is 0 Å². The molecule has 0 heterocycles. The molecule has 0 aliphatic heterocycles. The number of hydrogen-bond acceptors (Lipinski definition) is 2. The van der Waals surface area contributed by atoms with Crippen LogP contribution < -0.4 is 0 Å². The maximum absolute atomic E-state index is 12.5. The summed E-state index contributed by atoms with van der Waals surface area (Å²) in [7, 11) is 0. The van der Waals surface area contributed by atoms with E-state index in [-0.39, 0.29) is 30.8 Å². The van der Waals surface area contributed by atoms with Crippen LogP contribution in [0.2, 0.25) is 0 Å². The number of ether oxygens (including phenoxy) is 1. The topological polar surface area (TPSA) is 26.3 Å². The van der Waals surface area contributed by atoms with Crippen molar-refractivity contribution in [2.75, 3.05) is 13.2 Å². The van der Waals surface area contributed by atoms with Crippen molar-refractivity contribution in [3.63, 3.8) is 0 Å².